The number of rotatable bonds is 12. The Hall–Kier alpha value is -3.93. The van der Waals surface area contributed by atoms with Gasteiger partial charge in [-0.25, -0.2) is 0 Å². The van der Waals surface area contributed by atoms with E-state index in [1.54, 1.807) is 25.1 Å². The smallest absolute Gasteiger partial charge is 0.313 e. The number of esters is 1. The van der Waals surface area contributed by atoms with E-state index in [9.17, 15) is 14.4 Å². The van der Waals surface area contributed by atoms with Gasteiger partial charge in [-0.1, -0.05) is 60.7 Å². The van der Waals surface area contributed by atoms with Crippen LogP contribution in [0.15, 0.2) is 78.9 Å². The topological polar surface area (TPSA) is 78.9 Å². The maximum atomic E-state index is 12.8. The van der Waals surface area contributed by atoms with Crippen molar-refractivity contribution >= 4 is 17.5 Å². The van der Waals surface area contributed by atoms with Gasteiger partial charge in [-0.05, 0) is 30.2 Å². The summed E-state index contributed by atoms with van der Waals surface area (Å²) in [6.07, 6.45) is -0.833. The number of carbonyl (C=O) groups excluding carboxylic acids is 3. The van der Waals surface area contributed by atoms with Crippen LogP contribution in [-0.2, 0) is 27.5 Å². The molecule has 0 amide bonds. The number of benzene rings is 3. The predicted octanol–water partition coefficient (Wildman–Crippen LogP) is 4.94. The van der Waals surface area contributed by atoms with E-state index in [2.05, 4.69) is 0 Å². The van der Waals surface area contributed by atoms with E-state index in [1.807, 2.05) is 60.7 Å². The average molecular weight is 446 g/mol. The molecule has 0 aliphatic carbocycles. The second kappa shape index (κ2) is 12.2. The van der Waals surface area contributed by atoms with Crippen LogP contribution in [0.2, 0.25) is 0 Å². The SMILES string of the molecule is CCOC(=O)CC(=O)CC(=O)c1cc(OCc2ccccc2)cc(OCc2ccccc2)c1. The van der Waals surface area contributed by atoms with Crippen LogP contribution in [-0.4, -0.2) is 24.1 Å². The van der Waals surface area contributed by atoms with Gasteiger partial charge in [0.05, 0.1) is 13.0 Å². The molecule has 0 unspecified atom stereocenters. The lowest BCUT2D eigenvalue weighted by Gasteiger charge is -2.12. The van der Waals surface area contributed by atoms with E-state index in [0.29, 0.717) is 24.7 Å². The van der Waals surface area contributed by atoms with Crippen molar-refractivity contribution in [3.05, 3.63) is 95.6 Å². The van der Waals surface area contributed by atoms with Gasteiger partial charge in [-0.3, -0.25) is 14.4 Å². The quantitative estimate of drug-likeness (QED) is 0.223. The lowest BCUT2D eigenvalue weighted by Crippen LogP contribution is -2.15. The first-order valence-electron chi connectivity index (χ1n) is 10.7. The molecule has 3 aromatic carbocycles. The van der Waals surface area contributed by atoms with Crippen molar-refractivity contribution in [1.82, 2.24) is 0 Å². The van der Waals surface area contributed by atoms with Gasteiger partial charge in [0.1, 0.15) is 31.1 Å². The summed E-state index contributed by atoms with van der Waals surface area (Å²) >= 11 is 0. The van der Waals surface area contributed by atoms with Gasteiger partial charge in [0.2, 0.25) is 0 Å². The standard InChI is InChI=1S/C27H26O6/c1-2-31-27(30)16-23(28)15-26(29)22-13-24(32-18-20-9-5-3-6-10-20)17-25(14-22)33-19-21-11-7-4-8-12-21/h3-14,17H,2,15-16,18-19H2,1H3. The van der Waals surface area contributed by atoms with Crippen LogP contribution in [0.3, 0.4) is 0 Å². The van der Waals surface area contributed by atoms with Crippen molar-refractivity contribution in [2.45, 2.75) is 33.0 Å². The van der Waals surface area contributed by atoms with E-state index < -0.39 is 30.4 Å². The third-order valence-corrected chi connectivity index (χ3v) is 4.70. The van der Waals surface area contributed by atoms with Gasteiger partial charge in [0, 0.05) is 11.6 Å². The molecule has 0 atom stereocenters. The molecule has 0 aliphatic rings. The molecule has 0 bridgehead atoms. The summed E-state index contributed by atoms with van der Waals surface area (Å²) in [5.41, 5.74) is 2.23. The van der Waals surface area contributed by atoms with Crippen molar-refractivity contribution in [3.8, 4) is 11.5 Å². The first-order valence-corrected chi connectivity index (χ1v) is 10.7. The average Bonchev–Trinajstić information content (AvgIpc) is 2.82. The first kappa shape index (κ1) is 23.7. The Labute approximate surface area is 193 Å². The molecule has 0 saturated heterocycles. The number of ether oxygens (including phenoxy) is 3. The fourth-order valence-electron chi connectivity index (χ4n) is 3.10. The highest BCUT2D eigenvalue weighted by molar-refractivity contribution is 6.11. The maximum Gasteiger partial charge on any atom is 0.313 e. The van der Waals surface area contributed by atoms with Gasteiger partial charge < -0.3 is 14.2 Å². The molecule has 0 radical (unpaired) electrons. The van der Waals surface area contributed by atoms with Crippen LogP contribution in [0.5, 0.6) is 11.5 Å². The number of carbonyl (C=O) groups is 3. The van der Waals surface area contributed by atoms with E-state index >= 15 is 0 Å². The lowest BCUT2D eigenvalue weighted by molar-refractivity contribution is -0.145. The maximum absolute atomic E-state index is 12.8. The first-order chi connectivity index (χ1) is 16.0. The number of hydrogen-bond acceptors (Lipinski definition) is 6. The molecule has 0 heterocycles. The molecule has 33 heavy (non-hydrogen) atoms. The summed E-state index contributed by atoms with van der Waals surface area (Å²) in [6, 6.07) is 24.2. The molecule has 6 heteroatoms. The molecule has 3 aromatic rings. The summed E-state index contributed by atoms with van der Waals surface area (Å²) < 4.78 is 16.5. The summed E-state index contributed by atoms with van der Waals surface area (Å²) in [5.74, 6) is -0.654. The molecular formula is C27H26O6. The Bertz CT molecular complexity index is 1010. The van der Waals surface area contributed by atoms with Gasteiger partial charge >= 0.3 is 5.97 Å². The minimum atomic E-state index is -0.637. The Morgan fingerprint density at radius 1 is 0.697 bits per heavy atom. The van der Waals surface area contributed by atoms with E-state index in [-0.39, 0.29) is 12.2 Å². The highest BCUT2D eigenvalue weighted by Crippen LogP contribution is 2.26. The molecular weight excluding hydrogens is 420 g/mol. The minimum Gasteiger partial charge on any atom is -0.489 e. The minimum absolute atomic E-state index is 0.184. The zero-order chi connectivity index (χ0) is 23.5. The van der Waals surface area contributed by atoms with Gasteiger partial charge in [-0.2, -0.15) is 0 Å². The zero-order valence-electron chi connectivity index (χ0n) is 18.5. The highest BCUT2D eigenvalue weighted by Gasteiger charge is 2.18. The van der Waals surface area contributed by atoms with Crippen LogP contribution in [0.25, 0.3) is 0 Å². The number of ketones is 2. The number of hydrogen-bond donors (Lipinski definition) is 0. The second-order valence-corrected chi connectivity index (χ2v) is 7.36. The highest BCUT2D eigenvalue weighted by atomic mass is 16.5. The molecule has 0 aromatic heterocycles. The summed E-state index contributed by atoms with van der Waals surface area (Å²) in [4.78, 5) is 36.4. The molecule has 0 spiro atoms. The Kier molecular flexibility index (Phi) is 8.77. The fourth-order valence-corrected chi connectivity index (χ4v) is 3.10. The van der Waals surface area contributed by atoms with Crippen LogP contribution in [0.4, 0.5) is 0 Å². The van der Waals surface area contributed by atoms with Crippen molar-refractivity contribution in [3.63, 3.8) is 0 Å². The van der Waals surface area contributed by atoms with Gasteiger partial charge in [0.15, 0.2) is 11.6 Å². The normalized spacial score (nSPS) is 10.3. The van der Waals surface area contributed by atoms with E-state index in [4.69, 9.17) is 14.2 Å². The largest absolute Gasteiger partial charge is 0.489 e. The molecule has 0 saturated carbocycles. The van der Waals surface area contributed by atoms with Crippen LogP contribution in [0, 0.1) is 0 Å². The van der Waals surface area contributed by atoms with E-state index in [0.717, 1.165) is 11.1 Å². The molecule has 0 aliphatic heterocycles. The summed E-state index contributed by atoms with van der Waals surface area (Å²) in [7, 11) is 0. The lowest BCUT2D eigenvalue weighted by atomic mass is 10.0. The van der Waals surface area contributed by atoms with Crippen molar-refractivity contribution in [2.24, 2.45) is 0 Å². The molecule has 0 fully saturated rings. The molecule has 3 rings (SSSR count). The van der Waals surface area contributed by atoms with Crippen molar-refractivity contribution in [1.29, 1.82) is 0 Å². The van der Waals surface area contributed by atoms with Gasteiger partial charge in [-0.15, -0.1) is 0 Å². The van der Waals surface area contributed by atoms with Crippen LogP contribution in [0.1, 0.15) is 41.3 Å². The molecule has 0 N–H and O–H groups in total. The van der Waals surface area contributed by atoms with Crippen molar-refractivity contribution in [2.75, 3.05) is 6.61 Å². The fraction of sp³-hybridized carbons (Fsp3) is 0.222. The monoisotopic (exact) mass is 446 g/mol. The third kappa shape index (κ3) is 7.92. The zero-order valence-corrected chi connectivity index (χ0v) is 18.5. The summed E-state index contributed by atoms with van der Waals surface area (Å²) in [5, 5.41) is 0. The third-order valence-electron chi connectivity index (χ3n) is 4.70. The Morgan fingerprint density at radius 2 is 1.21 bits per heavy atom. The van der Waals surface area contributed by atoms with Gasteiger partial charge in [0.25, 0.3) is 0 Å². The number of Topliss-reactive ketones (excluding diaryl/α,β-unsaturated/α-hetero) is 2. The summed E-state index contributed by atoms with van der Waals surface area (Å²) in [6.45, 7) is 2.48. The Morgan fingerprint density at radius 3 is 1.70 bits per heavy atom. The predicted molar refractivity (Wildman–Crippen MR) is 123 cm³/mol. The van der Waals surface area contributed by atoms with Crippen LogP contribution < -0.4 is 9.47 Å². The van der Waals surface area contributed by atoms with Crippen molar-refractivity contribution < 1.29 is 28.6 Å². The Balaban J connectivity index is 1.74. The molecule has 6 nitrogen and oxygen atoms in total. The van der Waals surface area contributed by atoms with Crippen LogP contribution >= 0.6 is 0 Å². The second-order valence-electron chi connectivity index (χ2n) is 7.36. The van der Waals surface area contributed by atoms with E-state index in [1.165, 1.54) is 0 Å². The molecule has 170 valence electrons.